The van der Waals surface area contributed by atoms with Crippen LogP contribution in [0.15, 0.2) is 59.4 Å². The average molecular weight is 422 g/mol. The van der Waals surface area contributed by atoms with E-state index in [-0.39, 0.29) is 29.3 Å². The van der Waals surface area contributed by atoms with E-state index in [2.05, 4.69) is 15.5 Å². The summed E-state index contributed by atoms with van der Waals surface area (Å²) in [7, 11) is 0. The molecule has 1 aromatic carbocycles. The fraction of sp³-hybridized carbons (Fsp3) is 0.304. The monoisotopic (exact) mass is 422 g/mol. The van der Waals surface area contributed by atoms with Gasteiger partial charge in [-0.2, -0.15) is 0 Å². The van der Waals surface area contributed by atoms with E-state index in [1.807, 2.05) is 19.1 Å². The van der Waals surface area contributed by atoms with Crippen LogP contribution in [0.2, 0.25) is 0 Å². The molecule has 8 heteroatoms. The lowest BCUT2D eigenvalue weighted by molar-refractivity contribution is -0.126. The van der Waals surface area contributed by atoms with Crippen molar-refractivity contribution < 1.29 is 18.5 Å². The Kier molecular flexibility index (Phi) is 6.06. The molecule has 1 unspecified atom stereocenters. The number of likely N-dealkylation sites (tertiary alicyclic amines) is 1. The molecule has 0 bridgehead atoms. The first-order valence-electron chi connectivity index (χ1n) is 10.2. The second-order valence-corrected chi connectivity index (χ2v) is 7.64. The molecule has 1 fully saturated rings. The third-order valence-corrected chi connectivity index (χ3v) is 5.61. The Labute approximate surface area is 179 Å². The van der Waals surface area contributed by atoms with E-state index in [0.29, 0.717) is 25.9 Å². The highest BCUT2D eigenvalue weighted by atomic mass is 19.1. The van der Waals surface area contributed by atoms with Gasteiger partial charge in [0.05, 0.1) is 17.9 Å². The van der Waals surface area contributed by atoms with Crippen molar-refractivity contribution in [3.05, 3.63) is 83.3 Å². The van der Waals surface area contributed by atoms with Gasteiger partial charge in [-0.15, -0.1) is 0 Å². The molecule has 7 nitrogen and oxygen atoms in total. The van der Waals surface area contributed by atoms with Crippen molar-refractivity contribution in [1.82, 2.24) is 20.4 Å². The van der Waals surface area contributed by atoms with Gasteiger partial charge in [0.2, 0.25) is 11.7 Å². The van der Waals surface area contributed by atoms with Crippen molar-refractivity contribution >= 4 is 11.8 Å². The third kappa shape index (κ3) is 4.63. The van der Waals surface area contributed by atoms with Crippen LogP contribution < -0.4 is 5.32 Å². The fourth-order valence-corrected chi connectivity index (χ4v) is 3.85. The van der Waals surface area contributed by atoms with Crippen LogP contribution >= 0.6 is 0 Å². The molecule has 1 atom stereocenters. The zero-order valence-corrected chi connectivity index (χ0v) is 17.1. The van der Waals surface area contributed by atoms with Crippen LogP contribution in [0.25, 0.3) is 0 Å². The molecule has 2 aromatic heterocycles. The summed E-state index contributed by atoms with van der Waals surface area (Å²) in [5.74, 6) is -0.693. The molecule has 1 N–H and O–H groups in total. The maximum Gasteiger partial charge on any atom is 0.292 e. The summed E-state index contributed by atoms with van der Waals surface area (Å²) in [6.45, 7) is 2.85. The first kappa shape index (κ1) is 20.7. The summed E-state index contributed by atoms with van der Waals surface area (Å²) in [4.78, 5) is 31.6. The number of pyridine rings is 1. The second-order valence-electron chi connectivity index (χ2n) is 7.64. The van der Waals surface area contributed by atoms with Crippen molar-refractivity contribution in [2.24, 2.45) is 5.92 Å². The van der Waals surface area contributed by atoms with Gasteiger partial charge in [0, 0.05) is 31.3 Å². The molecule has 0 radical (unpaired) electrons. The number of hydrogen-bond acceptors (Lipinski definition) is 5. The minimum Gasteiger partial charge on any atom is -0.351 e. The predicted octanol–water partition coefficient (Wildman–Crippen LogP) is 3.28. The van der Waals surface area contributed by atoms with Crippen LogP contribution in [0, 0.1) is 18.7 Å². The maximum absolute atomic E-state index is 13.4. The lowest BCUT2D eigenvalue weighted by Crippen LogP contribution is -2.44. The molecule has 3 aromatic rings. The molecule has 0 saturated carbocycles. The quantitative estimate of drug-likeness (QED) is 0.682. The molecule has 1 saturated heterocycles. The number of nitrogens with one attached hydrogen (secondary N) is 1. The lowest BCUT2D eigenvalue weighted by atomic mass is 9.93. The van der Waals surface area contributed by atoms with Gasteiger partial charge in [-0.3, -0.25) is 14.6 Å². The van der Waals surface area contributed by atoms with E-state index < -0.39 is 6.04 Å². The molecular formula is C23H23FN4O3. The van der Waals surface area contributed by atoms with Gasteiger partial charge in [0.1, 0.15) is 5.82 Å². The van der Waals surface area contributed by atoms with Gasteiger partial charge in [-0.25, -0.2) is 4.39 Å². The van der Waals surface area contributed by atoms with Gasteiger partial charge in [0.15, 0.2) is 0 Å². The molecule has 4 rings (SSSR count). The predicted molar refractivity (Wildman–Crippen MR) is 110 cm³/mol. The van der Waals surface area contributed by atoms with Crippen LogP contribution in [-0.4, -0.2) is 39.9 Å². The van der Waals surface area contributed by atoms with Crippen LogP contribution in [0.3, 0.4) is 0 Å². The Morgan fingerprint density at radius 1 is 1.13 bits per heavy atom. The zero-order chi connectivity index (χ0) is 21.8. The van der Waals surface area contributed by atoms with Crippen molar-refractivity contribution in [3.8, 4) is 0 Å². The SMILES string of the molecule is Cc1cccnc1C(NC(=O)C1CCN(C(=O)c2ccno2)CC1)c1ccc(F)cc1. The molecule has 0 spiro atoms. The van der Waals surface area contributed by atoms with Gasteiger partial charge >= 0.3 is 0 Å². The number of nitrogens with zero attached hydrogens (tertiary/aromatic N) is 3. The molecular weight excluding hydrogens is 399 g/mol. The minimum atomic E-state index is -0.483. The van der Waals surface area contributed by atoms with Crippen LogP contribution in [0.5, 0.6) is 0 Å². The summed E-state index contributed by atoms with van der Waals surface area (Å²) in [5, 5.41) is 6.66. The topological polar surface area (TPSA) is 88.3 Å². The number of benzene rings is 1. The van der Waals surface area contributed by atoms with Crippen molar-refractivity contribution in [2.75, 3.05) is 13.1 Å². The van der Waals surface area contributed by atoms with E-state index in [0.717, 1.165) is 16.8 Å². The highest BCUT2D eigenvalue weighted by Crippen LogP contribution is 2.26. The molecule has 160 valence electrons. The summed E-state index contributed by atoms with van der Waals surface area (Å²) in [6.07, 6.45) is 4.20. The molecule has 1 aliphatic heterocycles. The molecule has 0 aliphatic carbocycles. The largest absolute Gasteiger partial charge is 0.351 e. The Morgan fingerprint density at radius 2 is 1.87 bits per heavy atom. The summed E-state index contributed by atoms with van der Waals surface area (Å²) < 4.78 is 18.4. The number of rotatable bonds is 5. The lowest BCUT2D eigenvalue weighted by Gasteiger charge is -2.31. The normalized spacial score (nSPS) is 15.5. The highest BCUT2D eigenvalue weighted by Gasteiger charge is 2.31. The highest BCUT2D eigenvalue weighted by molar-refractivity contribution is 5.91. The molecule has 31 heavy (non-hydrogen) atoms. The first-order chi connectivity index (χ1) is 15.0. The number of piperidine rings is 1. The van der Waals surface area contributed by atoms with E-state index in [4.69, 9.17) is 4.52 Å². The maximum atomic E-state index is 13.4. The smallest absolute Gasteiger partial charge is 0.292 e. The standard InChI is InChI=1S/C23H23FN4O3/c1-15-3-2-11-25-20(15)21(16-4-6-18(24)7-5-16)27-22(29)17-9-13-28(14-10-17)23(30)19-8-12-26-31-19/h2-8,11-12,17,21H,9-10,13-14H2,1H3,(H,27,29). The number of carbonyl (C=O) groups excluding carboxylic acids is 2. The summed E-state index contributed by atoms with van der Waals surface area (Å²) in [5.41, 5.74) is 2.42. The van der Waals surface area contributed by atoms with Gasteiger partial charge in [-0.05, 0) is 49.1 Å². The number of aromatic nitrogens is 2. The Hall–Kier alpha value is -3.55. The third-order valence-electron chi connectivity index (χ3n) is 5.61. The van der Waals surface area contributed by atoms with Gasteiger partial charge in [0.25, 0.3) is 5.91 Å². The number of amides is 2. The van der Waals surface area contributed by atoms with Crippen LogP contribution in [0.4, 0.5) is 4.39 Å². The number of aryl methyl sites for hydroxylation is 1. The Balaban J connectivity index is 1.46. The zero-order valence-electron chi connectivity index (χ0n) is 17.1. The fourth-order valence-electron chi connectivity index (χ4n) is 3.85. The molecule has 1 aliphatic rings. The van der Waals surface area contributed by atoms with Gasteiger partial charge < -0.3 is 14.7 Å². The first-order valence-corrected chi connectivity index (χ1v) is 10.2. The molecule has 2 amide bonds. The summed E-state index contributed by atoms with van der Waals surface area (Å²) >= 11 is 0. The van der Waals surface area contributed by atoms with Crippen molar-refractivity contribution in [3.63, 3.8) is 0 Å². The van der Waals surface area contributed by atoms with Crippen LogP contribution in [0.1, 0.15) is 46.3 Å². The Morgan fingerprint density at radius 3 is 2.52 bits per heavy atom. The van der Waals surface area contributed by atoms with Gasteiger partial charge in [-0.1, -0.05) is 23.4 Å². The van der Waals surface area contributed by atoms with E-state index >= 15 is 0 Å². The summed E-state index contributed by atoms with van der Waals surface area (Å²) in [6, 6.07) is 10.9. The average Bonchev–Trinajstić information content (AvgIpc) is 3.33. The molecule has 3 heterocycles. The van der Waals surface area contributed by atoms with Crippen molar-refractivity contribution in [2.45, 2.75) is 25.8 Å². The van der Waals surface area contributed by atoms with E-state index in [9.17, 15) is 14.0 Å². The Bertz CT molecular complexity index is 1040. The van der Waals surface area contributed by atoms with E-state index in [1.54, 1.807) is 23.2 Å². The van der Waals surface area contributed by atoms with Crippen molar-refractivity contribution in [1.29, 1.82) is 0 Å². The van der Waals surface area contributed by atoms with Crippen LogP contribution in [-0.2, 0) is 4.79 Å². The second kappa shape index (κ2) is 9.07. The minimum absolute atomic E-state index is 0.105. The number of halogens is 1. The number of carbonyl (C=O) groups is 2. The van der Waals surface area contributed by atoms with E-state index in [1.165, 1.54) is 24.4 Å². The number of hydrogen-bond donors (Lipinski definition) is 1.